The third kappa shape index (κ3) is 2.99. The number of nitrogens with one attached hydrogen (secondary N) is 1. The first kappa shape index (κ1) is 13.3. The van der Waals surface area contributed by atoms with Crippen molar-refractivity contribution in [2.75, 3.05) is 11.9 Å². The zero-order valence-corrected chi connectivity index (χ0v) is 11.4. The molecule has 0 amide bonds. The van der Waals surface area contributed by atoms with Gasteiger partial charge in [-0.05, 0) is 42.9 Å². The molecule has 1 aliphatic rings. The summed E-state index contributed by atoms with van der Waals surface area (Å²) < 4.78 is 13.8. The van der Waals surface area contributed by atoms with Crippen LogP contribution in [0.15, 0.2) is 18.2 Å². The second-order valence-electron chi connectivity index (χ2n) is 5.16. The molecule has 2 nitrogen and oxygen atoms in total. The molecule has 1 fully saturated rings. The van der Waals surface area contributed by atoms with Gasteiger partial charge in [0.1, 0.15) is 10.8 Å². The Balaban J connectivity index is 2.00. The van der Waals surface area contributed by atoms with Crippen molar-refractivity contribution < 1.29 is 4.39 Å². The van der Waals surface area contributed by atoms with E-state index in [-0.39, 0.29) is 10.8 Å². The summed E-state index contributed by atoms with van der Waals surface area (Å²) in [4.78, 5) is 0.227. The van der Waals surface area contributed by atoms with E-state index in [1.165, 1.54) is 31.7 Å². The van der Waals surface area contributed by atoms with Crippen molar-refractivity contribution >= 4 is 22.9 Å². The molecule has 98 valence electrons. The lowest BCUT2D eigenvalue weighted by molar-refractivity contribution is 0.484. The standard InChI is InChI=1S/C14H19FN2S/c1-2-5-14(6-7-14)9-17-12-4-3-10(13(16)18)8-11(12)15/h3-4,8,17H,2,5-7,9H2,1H3,(H2,16,18). The van der Waals surface area contributed by atoms with E-state index in [0.717, 1.165) is 6.54 Å². The normalized spacial score (nSPS) is 16.3. The molecule has 0 aromatic heterocycles. The van der Waals surface area contributed by atoms with Crippen molar-refractivity contribution in [1.29, 1.82) is 0 Å². The summed E-state index contributed by atoms with van der Waals surface area (Å²) >= 11 is 4.82. The molecule has 0 heterocycles. The molecule has 1 aromatic rings. The van der Waals surface area contributed by atoms with E-state index in [1.807, 2.05) is 0 Å². The number of hydrogen-bond acceptors (Lipinski definition) is 2. The van der Waals surface area contributed by atoms with Gasteiger partial charge in [0.25, 0.3) is 0 Å². The van der Waals surface area contributed by atoms with Gasteiger partial charge in [-0.15, -0.1) is 0 Å². The molecule has 4 heteroatoms. The van der Waals surface area contributed by atoms with Crippen LogP contribution in [0, 0.1) is 11.2 Å². The van der Waals surface area contributed by atoms with E-state index >= 15 is 0 Å². The molecule has 18 heavy (non-hydrogen) atoms. The molecule has 0 unspecified atom stereocenters. The third-order valence-electron chi connectivity index (χ3n) is 3.64. The average molecular weight is 266 g/mol. The highest BCUT2D eigenvalue weighted by Gasteiger charge is 2.41. The summed E-state index contributed by atoms with van der Waals surface area (Å²) in [5.41, 5.74) is 6.99. The van der Waals surface area contributed by atoms with Crippen LogP contribution in [0.2, 0.25) is 0 Å². The molecule has 1 saturated carbocycles. The summed E-state index contributed by atoms with van der Waals surface area (Å²) in [7, 11) is 0. The Hall–Kier alpha value is -1.16. The maximum atomic E-state index is 13.8. The van der Waals surface area contributed by atoms with E-state index in [4.69, 9.17) is 18.0 Å². The minimum Gasteiger partial charge on any atom is -0.389 e. The Morgan fingerprint density at radius 2 is 2.22 bits per heavy atom. The van der Waals surface area contributed by atoms with Crippen LogP contribution in [0.3, 0.4) is 0 Å². The van der Waals surface area contributed by atoms with Crippen LogP contribution in [0.5, 0.6) is 0 Å². The first-order valence-corrected chi connectivity index (χ1v) is 6.80. The molecule has 1 aliphatic carbocycles. The fourth-order valence-electron chi connectivity index (χ4n) is 2.32. The van der Waals surface area contributed by atoms with Crippen LogP contribution in [-0.2, 0) is 0 Å². The van der Waals surface area contributed by atoms with Gasteiger partial charge in [-0.1, -0.05) is 25.6 Å². The molecule has 0 radical (unpaired) electrons. The summed E-state index contributed by atoms with van der Waals surface area (Å²) in [6.07, 6.45) is 4.90. The molecular weight excluding hydrogens is 247 g/mol. The van der Waals surface area contributed by atoms with Crippen LogP contribution in [-0.4, -0.2) is 11.5 Å². The first-order chi connectivity index (χ1) is 8.56. The third-order valence-corrected chi connectivity index (χ3v) is 3.88. The van der Waals surface area contributed by atoms with Crippen molar-refractivity contribution in [2.24, 2.45) is 11.1 Å². The second kappa shape index (κ2) is 5.22. The van der Waals surface area contributed by atoms with Crippen molar-refractivity contribution in [2.45, 2.75) is 32.6 Å². The molecule has 2 rings (SSSR count). The molecular formula is C14H19FN2S. The summed E-state index contributed by atoms with van der Waals surface area (Å²) in [5.74, 6) is -0.285. The topological polar surface area (TPSA) is 38.0 Å². The smallest absolute Gasteiger partial charge is 0.146 e. The predicted octanol–water partition coefficient (Wildman–Crippen LogP) is 3.45. The van der Waals surface area contributed by atoms with Gasteiger partial charge in [-0.25, -0.2) is 4.39 Å². The lowest BCUT2D eigenvalue weighted by Gasteiger charge is -2.16. The molecule has 0 atom stereocenters. The lowest BCUT2D eigenvalue weighted by Crippen LogP contribution is -2.16. The van der Waals surface area contributed by atoms with Crippen LogP contribution in [0.4, 0.5) is 10.1 Å². The maximum Gasteiger partial charge on any atom is 0.146 e. The Morgan fingerprint density at radius 1 is 1.50 bits per heavy atom. The zero-order valence-electron chi connectivity index (χ0n) is 10.6. The van der Waals surface area contributed by atoms with Gasteiger partial charge in [0.15, 0.2) is 0 Å². The number of anilines is 1. The monoisotopic (exact) mass is 266 g/mol. The predicted molar refractivity (Wildman–Crippen MR) is 77.4 cm³/mol. The van der Waals surface area contributed by atoms with E-state index in [2.05, 4.69) is 12.2 Å². The van der Waals surface area contributed by atoms with E-state index in [1.54, 1.807) is 12.1 Å². The van der Waals surface area contributed by atoms with Crippen molar-refractivity contribution in [3.8, 4) is 0 Å². The van der Waals surface area contributed by atoms with Crippen LogP contribution >= 0.6 is 12.2 Å². The number of hydrogen-bond donors (Lipinski definition) is 2. The largest absolute Gasteiger partial charge is 0.389 e. The van der Waals surface area contributed by atoms with E-state index in [9.17, 15) is 4.39 Å². The van der Waals surface area contributed by atoms with Gasteiger partial charge < -0.3 is 11.1 Å². The molecule has 1 aromatic carbocycles. The van der Waals surface area contributed by atoms with E-state index in [0.29, 0.717) is 16.7 Å². The van der Waals surface area contributed by atoms with Gasteiger partial charge in [0.2, 0.25) is 0 Å². The fraction of sp³-hybridized carbons (Fsp3) is 0.500. The van der Waals surface area contributed by atoms with Gasteiger partial charge in [0.05, 0.1) is 5.69 Å². The Kier molecular flexibility index (Phi) is 3.85. The highest BCUT2D eigenvalue weighted by molar-refractivity contribution is 7.80. The zero-order chi connectivity index (χ0) is 13.2. The van der Waals surface area contributed by atoms with Crippen LogP contribution < -0.4 is 11.1 Å². The van der Waals surface area contributed by atoms with Crippen LogP contribution in [0.25, 0.3) is 0 Å². The second-order valence-corrected chi connectivity index (χ2v) is 5.60. The Labute approximate surface area is 113 Å². The average Bonchev–Trinajstić information content (AvgIpc) is 3.08. The van der Waals surface area contributed by atoms with Crippen molar-refractivity contribution in [1.82, 2.24) is 0 Å². The quantitative estimate of drug-likeness (QED) is 0.774. The molecule has 0 saturated heterocycles. The molecule has 0 bridgehead atoms. The van der Waals surface area contributed by atoms with Gasteiger partial charge in [0, 0.05) is 12.1 Å². The number of benzene rings is 1. The van der Waals surface area contributed by atoms with E-state index < -0.39 is 0 Å². The van der Waals surface area contributed by atoms with Crippen molar-refractivity contribution in [3.05, 3.63) is 29.6 Å². The highest BCUT2D eigenvalue weighted by Crippen LogP contribution is 2.49. The van der Waals surface area contributed by atoms with Crippen molar-refractivity contribution in [3.63, 3.8) is 0 Å². The fourth-order valence-corrected chi connectivity index (χ4v) is 2.44. The number of nitrogens with two attached hydrogens (primary N) is 1. The summed E-state index contributed by atoms with van der Waals surface area (Å²) in [6, 6.07) is 4.86. The molecule has 0 spiro atoms. The minimum atomic E-state index is -0.285. The van der Waals surface area contributed by atoms with Gasteiger partial charge in [-0.3, -0.25) is 0 Å². The van der Waals surface area contributed by atoms with Gasteiger partial charge in [-0.2, -0.15) is 0 Å². The number of rotatable bonds is 6. The lowest BCUT2D eigenvalue weighted by atomic mass is 10.0. The summed E-state index contributed by atoms with van der Waals surface area (Å²) in [6.45, 7) is 3.04. The number of thiocarbonyl (C=S) groups is 1. The minimum absolute atomic E-state index is 0.227. The Bertz CT molecular complexity index is 455. The summed E-state index contributed by atoms with van der Waals surface area (Å²) in [5, 5.41) is 3.21. The first-order valence-electron chi connectivity index (χ1n) is 6.39. The maximum absolute atomic E-state index is 13.8. The number of halogens is 1. The SMILES string of the molecule is CCCC1(CNc2ccc(C(N)=S)cc2F)CC1. The molecule has 0 aliphatic heterocycles. The highest BCUT2D eigenvalue weighted by atomic mass is 32.1. The molecule has 3 N–H and O–H groups in total. The Morgan fingerprint density at radius 3 is 2.72 bits per heavy atom. The van der Waals surface area contributed by atoms with Gasteiger partial charge >= 0.3 is 0 Å². The van der Waals surface area contributed by atoms with Crippen LogP contribution in [0.1, 0.15) is 38.2 Å².